The Kier molecular flexibility index (Phi) is 9.26. The minimum Gasteiger partial charge on any atom is -0.354 e. The molecule has 0 radical (unpaired) electrons. The van der Waals surface area contributed by atoms with E-state index >= 15 is 0 Å². The molecule has 2 N–H and O–H groups in total. The summed E-state index contributed by atoms with van der Waals surface area (Å²) in [6, 6.07) is 13.9. The number of hydrogen-bond donors (Lipinski definition) is 2. The van der Waals surface area contributed by atoms with Gasteiger partial charge in [0.2, 0.25) is 0 Å². The second kappa shape index (κ2) is 10.9. The van der Waals surface area contributed by atoms with Crippen LogP contribution in [0, 0.1) is 0 Å². The fourth-order valence-electron chi connectivity index (χ4n) is 2.27. The summed E-state index contributed by atoms with van der Waals surface area (Å²) in [5.41, 5.74) is 2.29. The van der Waals surface area contributed by atoms with Gasteiger partial charge < -0.3 is 15.2 Å². The van der Waals surface area contributed by atoms with E-state index in [2.05, 4.69) is 53.7 Å². The van der Waals surface area contributed by atoms with Crippen LogP contribution in [-0.2, 0) is 13.1 Å². The third-order valence-electron chi connectivity index (χ3n) is 3.95. The number of nitrogens with zero attached hydrogens (tertiary/aromatic N) is 2. The third kappa shape index (κ3) is 6.89. The van der Waals surface area contributed by atoms with Crippen molar-refractivity contribution < 1.29 is 0 Å². The highest BCUT2D eigenvalue weighted by atomic mass is 127. The van der Waals surface area contributed by atoms with Crippen molar-refractivity contribution in [1.82, 2.24) is 15.2 Å². The van der Waals surface area contributed by atoms with Crippen LogP contribution >= 0.6 is 24.0 Å². The summed E-state index contributed by atoms with van der Waals surface area (Å²) in [5.74, 6) is 0.810. The Balaban J connectivity index is 0.00000312. The lowest BCUT2D eigenvalue weighted by Crippen LogP contribution is -2.41. The maximum absolute atomic E-state index is 11.7. The standard InChI is InChI=1S/C19H26N4O.HI/c1-4-15(2)22-19(20-3)21-13-16-8-10-17(11-9-16)14-23-12-6-5-7-18(23)24;/h5-12,15H,4,13-14H2,1-3H3,(H2,20,21,22);1H. The summed E-state index contributed by atoms with van der Waals surface area (Å²) in [4.78, 5) is 16.0. The van der Waals surface area contributed by atoms with Gasteiger partial charge in [0.1, 0.15) is 0 Å². The number of benzene rings is 1. The van der Waals surface area contributed by atoms with Crippen LogP contribution in [0.25, 0.3) is 0 Å². The molecule has 0 aliphatic heterocycles. The lowest BCUT2D eigenvalue weighted by molar-refractivity contribution is 0.624. The molecule has 1 aromatic carbocycles. The molecule has 5 nitrogen and oxygen atoms in total. The Morgan fingerprint density at radius 2 is 1.84 bits per heavy atom. The Morgan fingerprint density at radius 1 is 1.16 bits per heavy atom. The van der Waals surface area contributed by atoms with Gasteiger partial charge in [0, 0.05) is 31.9 Å². The maximum Gasteiger partial charge on any atom is 0.250 e. The Labute approximate surface area is 166 Å². The first-order chi connectivity index (χ1) is 11.6. The minimum absolute atomic E-state index is 0. The molecular weight excluding hydrogens is 427 g/mol. The van der Waals surface area contributed by atoms with Gasteiger partial charge in [0.05, 0.1) is 6.54 Å². The SMILES string of the molecule is CCC(C)NC(=NC)NCc1ccc(Cn2ccccc2=O)cc1.I. The summed E-state index contributed by atoms with van der Waals surface area (Å²) in [7, 11) is 1.78. The van der Waals surface area contributed by atoms with Gasteiger partial charge >= 0.3 is 0 Å². The van der Waals surface area contributed by atoms with E-state index in [1.807, 2.05) is 12.3 Å². The van der Waals surface area contributed by atoms with Crippen molar-refractivity contribution in [2.75, 3.05) is 7.05 Å². The molecule has 0 spiro atoms. The van der Waals surface area contributed by atoms with E-state index in [-0.39, 0.29) is 29.5 Å². The number of rotatable bonds is 6. The van der Waals surface area contributed by atoms with Crippen molar-refractivity contribution in [1.29, 1.82) is 0 Å². The zero-order valence-electron chi connectivity index (χ0n) is 15.0. The molecule has 25 heavy (non-hydrogen) atoms. The van der Waals surface area contributed by atoms with E-state index in [0.29, 0.717) is 19.1 Å². The molecule has 1 atom stereocenters. The second-order valence-electron chi connectivity index (χ2n) is 5.86. The lowest BCUT2D eigenvalue weighted by atomic mass is 10.1. The normalized spacial score (nSPS) is 12.2. The molecule has 0 amide bonds. The highest BCUT2D eigenvalue weighted by Gasteiger charge is 2.03. The fraction of sp³-hybridized carbons (Fsp3) is 0.368. The van der Waals surface area contributed by atoms with Crippen LogP contribution in [0.1, 0.15) is 31.4 Å². The van der Waals surface area contributed by atoms with Gasteiger partial charge in [-0.3, -0.25) is 9.79 Å². The summed E-state index contributed by atoms with van der Waals surface area (Å²) in [6.07, 6.45) is 2.86. The number of nitrogens with one attached hydrogen (secondary N) is 2. The van der Waals surface area contributed by atoms with Gasteiger partial charge in [-0.05, 0) is 30.5 Å². The molecule has 0 saturated heterocycles. The zero-order valence-corrected chi connectivity index (χ0v) is 17.4. The maximum atomic E-state index is 11.7. The molecule has 2 rings (SSSR count). The minimum atomic E-state index is 0. The molecule has 0 bridgehead atoms. The molecule has 136 valence electrons. The predicted molar refractivity (Wildman–Crippen MR) is 115 cm³/mol. The summed E-state index contributed by atoms with van der Waals surface area (Å²) in [5, 5.41) is 6.65. The van der Waals surface area contributed by atoms with Crippen molar-refractivity contribution in [3.05, 3.63) is 70.1 Å². The van der Waals surface area contributed by atoms with E-state index in [9.17, 15) is 4.79 Å². The molecule has 2 aromatic rings. The fourth-order valence-corrected chi connectivity index (χ4v) is 2.27. The number of aliphatic imine (C=N–C) groups is 1. The van der Waals surface area contributed by atoms with Crippen LogP contribution in [-0.4, -0.2) is 23.6 Å². The predicted octanol–water partition coefficient (Wildman–Crippen LogP) is 2.98. The Bertz CT molecular complexity index is 725. The number of guanidine groups is 1. The highest BCUT2D eigenvalue weighted by Crippen LogP contribution is 2.05. The molecule has 0 saturated carbocycles. The molecular formula is C19H27IN4O. The van der Waals surface area contributed by atoms with Gasteiger partial charge in [-0.2, -0.15) is 0 Å². The molecule has 1 aromatic heterocycles. The quantitative estimate of drug-likeness (QED) is 0.401. The number of hydrogen-bond acceptors (Lipinski definition) is 2. The average molecular weight is 454 g/mol. The van der Waals surface area contributed by atoms with Crippen LogP contribution in [0.4, 0.5) is 0 Å². The lowest BCUT2D eigenvalue weighted by Gasteiger charge is -2.16. The van der Waals surface area contributed by atoms with E-state index in [1.54, 1.807) is 23.7 Å². The molecule has 6 heteroatoms. The van der Waals surface area contributed by atoms with Crippen molar-refractivity contribution in [3.63, 3.8) is 0 Å². The van der Waals surface area contributed by atoms with Gasteiger partial charge in [-0.25, -0.2) is 0 Å². The zero-order chi connectivity index (χ0) is 17.4. The molecule has 0 fully saturated rings. The van der Waals surface area contributed by atoms with Gasteiger partial charge in [-0.15, -0.1) is 24.0 Å². The monoisotopic (exact) mass is 454 g/mol. The van der Waals surface area contributed by atoms with Crippen LogP contribution < -0.4 is 16.2 Å². The average Bonchev–Trinajstić information content (AvgIpc) is 2.61. The molecule has 1 heterocycles. The summed E-state index contributed by atoms with van der Waals surface area (Å²) < 4.78 is 1.70. The Hall–Kier alpha value is -1.83. The Morgan fingerprint density at radius 3 is 2.44 bits per heavy atom. The van der Waals surface area contributed by atoms with E-state index in [1.165, 1.54) is 5.56 Å². The van der Waals surface area contributed by atoms with Crippen molar-refractivity contribution >= 4 is 29.9 Å². The third-order valence-corrected chi connectivity index (χ3v) is 3.95. The van der Waals surface area contributed by atoms with Crippen LogP contribution in [0.2, 0.25) is 0 Å². The first-order valence-corrected chi connectivity index (χ1v) is 8.33. The van der Waals surface area contributed by atoms with Crippen molar-refractivity contribution in [2.45, 2.75) is 39.4 Å². The summed E-state index contributed by atoms with van der Waals surface area (Å²) in [6.45, 7) is 5.57. The van der Waals surface area contributed by atoms with E-state index in [0.717, 1.165) is 17.9 Å². The smallest absolute Gasteiger partial charge is 0.250 e. The molecule has 1 unspecified atom stereocenters. The highest BCUT2D eigenvalue weighted by molar-refractivity contribution is 14.0. The first-order valence-electron chi connectivity index (χ1n) is 8.33. The van der Waals surface area contributed by atoms with Gasteiger partial charge in [-0.1, -0.05) is 37.3 Å². The van der Waals surface area contributed by atoms with Gasteiger partial charge in [0.15, 0.2) is 5.96 Å². The number of halogens is 1. The van der Waals surface area contributed by atoms with Crippen molar-refractivity contribution in [2.24, 2.45) is 4.99 Å². The molecule has 0 aliphatic rings. The van der Waals surface area contributed by atoms with Crippen LogP contribution in [0.3, 0.4) is 0 Å². The molecule has 0 aliphatic carbocycles. The first kappa shape index (κ1) is 21.2. The number of aromatic nitrogens is 1. The van der Waals surface area contributed by atoms with Crippen LogP contribution in [0.15, 0.2) is 58.4 Å². The topological polar surface area (TPSA) is 58.4 Å². The van der Waals surface area contributed by atoms with E-state index in [4.69, 9.17) is 0 Å². The van der Waals surface area contributed by atoms with Crippen LogP contribution in [0.5, 0.6) is 0 Å². The second-order valence-corrected chi connectivity index (χ2v) is 5.86. The van der Waals surface area contributed by atoms with E-state index < -0.39 is 0 Å². The summed E-state index contributed by atoms with van der Waals surface area (Å²) >= 11 is 0. The van der Waals surface area contributed by atoms with Crippen molar-refractivity contribution in [3.8, 4) is 0 Å². The largest absolute Gasteiger partial charge is 0.354 e. The number of pyridine rings is 1. The van der Waals surface area contributed by atoms with Gasteiger partial charge in [0.25, 0.3) is 5.56 Å².